The predicted molar refractivity (Wildman–Crippen MR) is 53.5 cm³/mol. The van der Waals surface area contributed by atoms with Gasteiger partial charge in [0.1, 0.15) is 6.10 Å². The van der Waals surface area contributed by atoms with Gasteiger partial charge in [-0.1, -0.05) is 0 Å². The van der Waals surface area contributed by atoms with Gasteiger partial charge in [0.25, 0.3) is 0 Å². The maximum atomic E-state index is 12.8. The highest BCUT2D eigenvalue weighted by Crippen LogP contribution is 2.39. The number of hydrogen-bond donors (Lipinski definition) is 1. The van der Waals surface area contributed by atoms with Crippen molar-refractivity contribution in [1.82, 2.24) is 0 Å². The van der Waals surface area contributed by atoms with Gasteiger partial charge in [0, 0.05) is 5.92 Å². The van der Waals surface area contributed by atoms with Gasteiger partial charge in [-0.3, -0.25) is 0 Å². The van der Waals surface area contributed by atoms with E-state index in [4.69, 9.17) is 0 Å². The van der Waals surface area contributed by atoms with Crippen LogP contribution in [0.25, 0.3) is 0 Å². The first kappa shape index (κ1) is 15.3. The van der Waals surface area contributed by atoms with Gasteiger partial charge >= 0.3 is 11.2 Å². The van der Waals surface area contributed by atoms with Gasteiger partial charge in [-0.2, -0.15) is 8.78 Å². The zero-order valence-corrected chi connectivity index (χ0v) is 10.5. The van der Waals surface area contributed by atoms with E-state index in [1.807, 2.05) is 0 Å². The third kappa shape index (κ3) is 2.78. The molecule has 1 aliphatic carbocycles. The van der Waals surface area contributed by atoms with Gasteiger partial charge in [0.2, 0.25) is 0 Å². The molecule has 0 heterocycles. The minimum absolute atomic E-state index is 0.232. The van der Waals surface area contributed by atoms with Crippen LogP contribution in [0.3, 0.4) is 0 Å². The number of ether oxygens (including phenoxy) is 1. The lowest BCUT2D eigenvalue weighted by Gasteiger charge is -2.43. The normalized spacial score (nSPS) is 25.4. The molecule has 2 atom stereocenters. The Kier molecular flexibility index (Phi) is 3.72. The fraction of sp³-hybridized carbons (Fsp3) is 0.889. The van der Waals surface area contributed by atoms with Gasteiger partial charge in [0.05, 0.1) is 5.60 Å². The van der Waals surface area contributed by atoms with Gasteiger partial charge in [0.15, 0.2) is 10.1 Å². The summed E-state index contributed by atoms with van der Waals surface area (Å²) in [6.45, 7) is 2.83. The fourth-order valence-corrected chi connectivity index (χ4v) is 1.98. The summed E-state index contributed by atoms with van der Waals surface area (Å²) in [4.78, 5) is 11.0. The molecule has 1 rings (SSSR count). The molecule has 2 unspecified atom stereocenters. The molecule has 1 N–H and O–H groups in total. The summed E-state index contributed by atoms with van der Waals surface area (Å²) in [5.74, 6) is -2.96. The van der Waals surface area contributed by atoms with E-state index in [9.17, 15) is 31.7 Å². The summed E-state index contributed by atoms with van der Waals surface area (Å²) in [7, 11) is -6.10. The van der Waals surface area contributed by atoms with Crippen LogP contribution in [0.1, 0.15) is 26.7 Å². The second kappa shape index (κ2) is 4.39. The molecular weight excluding hydrogens is 274 g/mol. The van der Waals surface area contributed by atoms with E-state index in [1.165, 1.54) is 13.8 Å². The lowest BCUT2D eigenvalue weighted by atomic mass is 9.72. The van der Waals surface area contributed by atoms with Gasteiger partial charge in [-0.15, -0.1) is 0 Å². The summed E-state index contributed by atoms with van der Waals surface area (Å²) in [5, 5.41) is 4.52. The standard InChI is InChI=1S/C9H14F2O6S/c1-8(2,13)5-3-4-6(5)17-7(12)9(10,11)18(14,15)16/h5-6,13H,3-4H2,1-2H3,(H,14,15,16)/p-1. The van der Waals surface area contributed by atoms with Crippen LogP contribution in [0.5, 0.6) is 0 Å². The maximum absolute atomic E-state index is 12.8. The molecule has 18 heavy (non-hydrogen) atoms. The Morgan fingerprint density at radius 2 is 1.89 bits per heavy atom. The molecule has 0 aromatic heterocycles. The Morgan fingerprint density at radius 1 is 1.39 bits per heavy atom. The minimum Gasteiger partial charge on any atom is -0.743 e. The Bertz CT molecular complexity index is 438. The minimum atomic E-state index is -6.10. The van der Waals surface area contributed by atoms with Crippen LogP contribution in [0.4, 0.5) is 8.78 Å². The summed E-state index contributed by atoms with van der Waals surface area (Å²) >= 11 is 0. The van der Waals surface area contributed by atoms with Crippen LogP contribution in [0.15, 0.2) is 0 Å². The Balaban J connectivity index is 2.73. The summed E-state index contributed by atoms with van der Waals surface area (Å²) in [6, 6.07) is 0. The molecule has 1 saturated carbocycles. The molecule has 106 valence electrons. The van der Waals surface area contributed by atoms with E-state index in [-0.39, 0.29) is 6.42 Å². The number of esters is 1. The molecule has 9 heteroatoms. The van der Waals surface area contributed by atoms with Crippen molar-refractivity contribution < 1.29 is 36.4 Å². The quantitative estimate of drug-likeness (QED) is 0.586. The third-order valence-corrected chi connectivity index (χ3v) is 3.72. The van der Waals surface area contributed by atoms with Crippen molar-refractivity contribution in [3.8, 4) is 0 Å². The van der Waals surface area contributed by atoms with Crippen LogP contribution >= 0.6 is 0 Å². The number of alkyl halides is 2. The number of carbonyl (C=O) groups is 1. The van der Waals surface area contributed by atoms with Crippen molar-refractivity contribution in [1.29, 1.82) is 0 Å². The Morgan fingerprint density at radius 3 is 2.17 bits per heavy atom. The van der Waals surface area contributed by atoms with Crippen LogP contribution in [0.2, 0.25) is 0 Å². The van der Waals surface area contributed by atoms with Crippen molar-refractivity contribution in [2.75, 3.05) is 0 Å². The zero-order chi connectivity index (χ0) is 14.4. The monoisotopic (exact) mass is 287 g/mol. The first-order valence-electron chi connectivity index (χ1n) is 5.14. The second-order valence-corrected chi connectivity index (χ2v) is 6.17. The average Bonchev–Trinajstić information content (AvgIpc) is 2.06. The van der Waals surface area contributed by atoms with E-state index in [0.717, 1.165) is 0 Å². The molecule has 0 aromatic carbocycles. The molecule has 6 nitrogen and oxygen atoms in total. The van der Waals surface area contributed by atoms with Gasteiger partial charge in [-0.05, 0) is 26.7 Å². The van der Waals surface area contributed by atoms with Crippen LogP contribution in [0, 0.1) is 5.92 Å². The molecular formula is C9H13F2O6S-. The molecule has 1 aliphatic rings. The van der Waals surface area contributed by atoms with Crippen molar-refractivity contribution >= 4 is 16.1 Å². The molecule has 0 amide bonds. The lowest BCUT2D eigenvalue weighted by molar-refractivity contribution is -0.185. The third-order valence-electron chi connectivity index (χ3n) is 2.93. The topological polar surface area (TPSA) is 104 Å². The first-order chi connectivity index (χ1) is 7.87. The van der Waals surface area contributed by atoms with Crippen LogP contribution in [-0.4, -0.2) is 41.0 Å². The van der Waals surface area contributed by atoms with E-state index in [2.05, 4.69) is 4.74 Å². The summed E-state index contributed by atoms with van der Waals surface area (Å²) in [6.07, 6.45) is -0.322. The first-order valence-corrected chi connectivity index (χ1v) is 6.55. The number of rotatable bonds is 4. The fourth-order valence-electron chi connectivity index (χ4n) is 1.73. The van der Waals surface area contributed by atoms with Crippen LogP contribution in [-0.2, 0) is 19.6 Å². The molecule has 0 bridgehead atoms. The molecule has 0 aromatic rings. The number of aliphatic hydroxyl groups is 1. The smallest absolute Gasteiger partial charge is 0.428 e. The highest BCUT2D eigenvalue weighted by atomic mass is 32.2. The van der Waals surface area contributed by atoms with Gasteiger partial charge < -0.3 is 14.4 Å². The SMILES string of the molecule is CC(C)(O)C1CCC1OC(=O)C(F)(F)S(=O)(=O)[O-]. The molecule has 0 saturated heterocycles. The van der Waals surface area contributed by atoms with Crippen molar-refractivity contribution in [3.63, 3.8) is 0 Å². The predicted octanol–water partition coefficient (Wildman–Crippen LogP) is 0.217. The van der Waals surface area contributed by atoms with E-state index in [0.29, 0.717) is 6.42 Å². The number of hydrogen-bond acceptors (Lipinski definition) is 6. The molecule has 0 radical (unpaired) electrons. The van der Waals surface area contributed by atoms with E-state index < -0.39 is 39.0 Å². The Labute approximate surface area is 103 Å². The number of halogens is 2. The Hall–Kier alpha value is -0.800. The highest BCUT2D eigenvalue weighted by molar-refractivity contribution is 7.87. The van der Waals surface area contributed by atoms with Crippen LogP contribution < -0.4 is 0 Å². The molecule has 1 fully saturated rings. The number of carbonyl (C=O) groups excluding carboxylic acids is 1. The van der Waals surface area contributed by atoms with Crippen molar-refractivity contribution in [2.45, 2.75) is 43.6 Å². The summed E-state index contributed by atoms with van der Waals surface area (Å²) in [5.41, 5.74) is -1.24. The van der Waals surface area contributed by atoms with Crippen molar-refractivity contribution in [3.05, 3.63) is 0 Å². The van der Waals surface area contributed by atoms with Gasteiger partial charge in [-0.25, -0.2) is 13.2 Å². The zero-order valence-electron chi connectivity index (χ0n) is 9.72. The van der Waals surface area contributed by atoms with E-state index in [1.54, 1.807) is 0 Å². The second-order valence-electron chi connectivity index (χ2n) is 4.75. The summed E-state index contributed by atoms with van der Waals surface area (Å²) < 4.78 is 60.6. The highest BCUT2D eigenvalue weighted by Gasteiger charge is 2.52. The molecule has 0 spiro atoms. The largest absolute Gasteiger partial charge is 0.743 e. The lowest BCUT2D eigenvalue weighted by Crippen LogP contribution is -2.51. The average molecular weight is 287 g/mol. The van der Waals surface area contributed by atoms with Crippen molar-refractivity contribution in [2.24, 2.45) is 5.92 Å². The molecule has 0 aliphatic heterocycles. The maximum Gasteiger partial charge on any atom is 0.428 e. The van der Waals surface area contributed by atoms with E-state index >= 15 is 0 Å².